The van der Waals surface area contributed by atoms with Crippen LogP contribution in [-0.2, 0) is 9.53 Å². The van der Waals surface area contributed by atoms with Crippen molar-refractivity contribution in [2.75, 3.05) is 13.2 Å². The van der Waals surface area contributed by atoms with Crippen LogP contribution in [0, 0.1) is 20.8 Å². The average Bonchev–Trinajstić information content (AvgIpc) is 2.20. The summed E-state index contributed by atoms with van der Waals surface area (Å²) >= 11 is 0. The number of benzene rings is 1. The Morgan fingerprint density at radius 2 is 1.82 bits per heavy atom. The maximum Gasteiger partial charge on any atom is 0.337 e. The van der Waals surface area contributed by atoms with Crippen molar-refractivity contribution in [2.45, 2.75) is 26.9 Å². The molecule has 0 aliphatic carbocycles. The van der Waals surface area contributed by atoms with Gasteiger partial charge in [0.05, 0.1) is 13.2 Å². The van der Waals surface area contributed by atoms with Gasteiger partial charge in [0.15, 0.2) is 6.10 Å². The number of carboxylic acids is 1. The Morgan fingerprint density at radius 3 is 2.24 bits per heavy atom. The van der Waals surface area contributed by atoms with Crippen LogP contribution in [0.15, 0.2) is 12.1 Å². The van der Waals surface area contributed by atoms with E-state index in [1.54, 1.807) is 0 Å². The van der Waals surface area contributed by atoms with Crippen LogP contribution in [0.2, 0.25) is 0 Å². The van der Waals surface area contributed by atoms with Crippen molar-refractivity contribution in [1.29, 1.82) is 0 Å². The Labute approximate surface area is 101 Å². The molecular weight excluding hydrogens is 220 g/mol. The van der Waals surface area contributed by atoms with Gasteiger partial charge in [0.2, 0.25) is 0 Å². The minimum Gasteiger partial charge on any atom is -0.479 e. The Morgan fingerprint density at radius 1 is 1.29 bits per heavy atom. The lowest BCUT2D eigenvalue weighted by Gasteiger charge is -2.18. The van der Waals surface area contributed by atoms with E-state index in [2.05, 4.69) is 0 Å². The standard InChI is InChI=1S/C13H18O4/c1-8-6-9(2)11(10(3)7-8)12(13(15)16)17-5-4-14/h6-7,12,14H,4-5H2,1-3H3,(H,15,16). The molecule has 0 saturated carbocycles. The van der Waals surface area contributed by atoms with Crippen molar-refractivity contribution in [3.8, 4) is 0 Å². The molecule has 2 N–H and O–H groups in total. The third kappa shape index (κ3) is 3.28. The van der Waals surface area contributed by atoms with Gasteiger partial charge >= 0.3 is 5.97 Å². The highest BCUT2D eigenvalue weighted by Crippen LogP contribution is 2.26. The number of hydrogen-bond donors (Lipinski definition) is 2. The lowest BCUT2D eigenvalue weighted by molar-refractivity contribution is -0.151. The number of ether oxygens (including phenoxy) is 1. The van der Waals surface area contributed by atoms with Crippen molar-refractivity contribution < 1.29 is 19.7 Å². The van der Waals surface area contributed by atoms with Gasteiger partial charge < -0.3 is 14.9 Å². The van der Waals surface area contributed by atoms with Gasteiger partial charge in [-0.25, -0.2) is 4.79 Å². The Balaban J connectivity index is 3.14. The molecule has 0 aliphatic heterocycles. The number of rotatable bonds is 5. The number of carbonyl (C=O) groups is 1. The number of aliphatic hydroxyl groups is 1. The maximum atomic E-state index is 11.2. The lowest BCUT2D eigenvalue weighted by Crippen LogP contribution is -2.19. The van der Waals surface area contributed by atoms with E-state index in [0.717, 1.165) is 16.7 Å². The van der Waals surface area contributed by atoms with E-state index in [-0.39, 0.29) is 13.2 Å². The van der Waals surface area contributed by atoms with Crippen LogP contribution in [0.1, 0.15) is 28.4 Å². The number of carboxylic acid groups (broad SMARTS) is 1. The maximum absolute atomic E-state index is 11.2. The summed E-state index contributed by atoms with van der Waals surface area (Å²) in [7, 11) is 0. The van der Waals surface area contributed by atoms with Gasteiger partial charge in [-0.1, -0.05) is 17.7 Å². The van der Waals surface area contributed by atoms with Gasteiger partial charge in [-0.2, -0.15) is 0 Å². The molecule has 17 heavy (non-hydrogen) atoms. The summed E-state index contributed by atoms with van der Waals surface area (Å²) in [5.74, 6) is -1.03. The molecule has 4 nitrogen and oxygen atoms in total. The van der Waals surface area contributed by atoms with Crippen LogP contribution in [0.4, 0.5) is 0 Å². The SMILES string of the molecule is Cc1cc(C)c(C(OCCO)C(=O)O)c(C)c1. The van der Waals surface area contributed by atoms with Gasteiger partial charge in [-0.15, -0.1) is 0 Å². The van der Waals surface area contributed by atoms with Gasteiger partial charge in [0, 0.05) is 0 Å². The number of hydrogen-bond acceptors (Lipinski definition) is 3. The summed E-state index contributed by atoms with van der Waals surface area (Å²) in [5.41, 5.74) is 3.56. The topological polar surface area (TPSA) is 66.8 Å². The fraction of sp³-hybridized carbons (Fsp3) is 0.462. The van der Waals surface area contributed by atoms with Gasteiger partial charge in [-0.05, 0) is 37.5 Å². The summed E-state index contributed by atoms with van der Waals surface area (Å²) in [6.45, 7) is 5.53. The smallest absolute Gasteiger partial charge is 0.337 e. The summed E-state index contributed by atoms with van der Waals surface area (Å²) in [6.07, 6.45) is -1.01. The van der Waals surface area contributed by atoms with Crippen LogP contribution in [-0.4, -0.2) is 29.4 Å². The molecule has 1 unspecified atom stereocenters. The molecule has 0 radical (unpaired) electrons. The molecule has 0 fully saturated rings. The molecule has 0 saturated heterocycles. The second-order valence-corrected chi connectivity index (χ2v) is 4.13. The van der Waals surface area contributed by atoms with Crippen LogP contribution >= 0.6 is 0 Å². The fourth-order valence-corrected chi connectivity index (χ4v) is 2.05. The third-order valence-corrected chi connectivity index (χ3v) is 2.60. The lowest BCUT2D eigenvalue weighted by atomic mass is 9.95. The summed E-state index contributed by atoms with van der Waals surface area (Å²) in [5, 5.41) is 17.9. The van der Waals surface area contributed by atoms with Crippen LogP contribution in [0.3, 0.4) is 0 Å². The fourth-order valence-electron chi connectivity index (χ4n) is 2.05. The van der Waals surface area contributed by atoms with Gasteiger partial charge in [0.25, 0.3) is 0 Å². The van der Waals surface area contributed by atoms with Crippen molar-refractivity contribution in [3.63, 3.8) is 0 Å². The molecule has 4 heteroatoms. The molecule has 1 rings (SSSR count). The average molecular weight is 238 g/mol. The van der Waals surface area contributed by atoms with E-state index in [4.69, 9.17) is 14.9 Å². The van der Waals surface area contributed by atoms with Gasteiger partial charge in [0.1, 0.15) is 0 Å². The van der Waals surface area contributed by atoms with E-state index in [9.17, 15) is 4.79 Å². The zero-order valence-electron chi connectivity index (χ0n) is 10.4. The molecule has 0 spiro atoms. The number of aliphatic hydroxyl groups excluding tert-OH is 1. The molecule has 1 aromatic rings. The predicted octanol–water partition coefficient (Wildman–Crippen LogP) is 1.75. The van der Waals surface area contributed by atoms with E-state index >= 15 is 0 Å². The Hall–Kier alpha value is -1.39. The zero-order valence-corrected chi connectivity index (χ0v) is 10.4. The minimum atomic E-state index is -1.03. The van der Waals surface area contributed by atoms with Gasteiger partial charge in [-0.3, -0.25) is 0 Å². The summed E-state index contributed by atoms with van der Waals surface area (Å²) < 4.78 is 5.19. The minimum absolute atomic E-state index is 0.0176. The van der Waals surface area contributed by atoms with Crippen LogP contribution < -0.4 is 0 Å². The quantitative estimate of drug-likeness (QED) is 0.820. The van der Waals surface area contributed by atoms with Crippen molar-refractivity contribution in [3.05, 3.63) is 34.4 Å². The Bertz CT molecular complexity index is 389. The molecular formula is C13H18O4. The van der Waals surface area contributed by atoms with Crippen LogP contribution in [0.5, 0.6) is 0 Å². The first-order valence-electron chi connectivity index (χ1n) is 5.50. The van der Waals surface area contributed by atoms with E-state index in [0.29, 0.717) is 5.56 Å². The monoisotopic (exact) mass is 238 g/mol. The molecule has 0 bridgehead atoms. The third-order valence-electron chi connectivity index (χ3n) is 2.60. The van der Waals surface area contributed by atoms with E-state index in [1.807, 2.05) is 32.9 Å². The van der Waals surface area contributed by atoms with Crippen molar-refractivity contribution >= 4 is 5.97 Å². The van der Waals surface area contributed by atoms with E-state index in [1.165, 1.54) is 0 Å². The molecule has 0 aliphatic rings. The molecule has 0 aromatic heterocycles. The molecule has 1 aromatic carbocycles. The number of aliphatic carboxylic acids is 1. The highest BCUT2D eigenvalue weighted by molar-refractivity contribution is 5.75. The second-order valence-electron chi connectivity index (χ2n) is 4.13. The summed E-state index contributed by atoms with van der Waals surface area (Å²) in [4.78, 5) is 11.2. The molecule has 94 valence electrons. The highest BCUT2D eigenvalue weighted by atomic mass is 16.5. The summed E-state index contributed by atoms with van der Waals surface area (Å²) in [6, 6.07) is 3.86. The van der Waals surface area contributed by atoms with E-state index < -0.39 is 12.1 Å². The molecule has 0 heterocycles. The van der Waals surface area contributed by atoms with Crippen molar-refractivity contribution in [1.82, 2.24) is 0 Å². The second kappa shape index (κ2) is 5.80. The first-order valence-corrected chi connectivity index (χ1v) is 5.50. The van der Waals surface area contributed by atoms with Crippen molar-refractivity contribution in [2.24, 2.45) is 0 Å². The first-order chi connectivity index (χ1) is 7.97. The van der Waals surface area contributed by atoms with Crippen LogP contribution in [0.25, 0.3) is 0 Å². The first kappa shape index (κ1) is 13.7. The number of aryl methyl sites for hydroxylation is 3. The molecule has 0 amide bonds. The predicted molar refractivity (Wildman–Crippen MR) is 64.1 cm³/mol. The normalized spacial score (nSPS) is 12.5. The highest BCUT2D eigenvalue weighted by Gasteiger charge is 2.24. The largest absolute Gasteiger partial charge is 0.479 e. The zero-order chi connectivity index (χ0) is 13.0. The molecule has 1 atom stereocenters. The Kier molecular flexibility index (Phi) is 4.66.